The molecule has 1 fully saturated rings. The predicted octanol–water partition coefficient (Wildman–Crippen LogP) is 2.11. The van der Waals surface area contributed by atoms with Gasteiger partial charge in [0.1, 0.15) is 5.60 Å². The van der Waals surface area contributed by atoms with Crippen LogP contribution in [0.25, 0.3) is 0 Å². The summed E-state index contributed by atoms with van der Waals surface area (Å²) in [5, 5.41) is 3.15. The highest BCUT2D eigenvalue weighted by Crippen LogP contribution is 2.11. The number of hydrogen-bond acceptors (Lipinski definition) is 4. The average Bonchev–Trinajstić information content (AvgIpc) is 2.45. The Labute approximate surface area is 169 Å². The van der Waals surface area contributed by atoms with Gasteiger partial charge in [-0.05, 0) is 33.1 Å². The lowest BCUT2D eigenvalue weighted by Gasteiger charge is -2.35. The topological polar surface area (TPSA) is 83.2 Å². The van der Waals surface area contributed by atoms with Gasteiger partial charge in [0.2, 0.25) is 0 Å². The van der Waals surface area contributed by atoms with Crippen LogP contribution in [0.2, 0.25) is 0 Å². The van der Waals surface area contributed by atoms with Crippen molar-refractivity contribution >= 4 is 36.0 Å². The SMILES string of the molecule is CC(C)CCN=C(N)NCCN1CCN(C(=O)OC(C)(C)C)CC1.I. The second-order valence-electron chi connectivity index (χ2n) is 7.69. The molecule has 0 aliphatic carbocycles. The Bertz CT molecular complexity index is 416. The van der Waals surface area contributed by atoms with Crippen molar-refractivity contribution in [1.82, 2.24) is 15.1 Å². The zero-order valence-electron chi connectivity index (χ0n) is 16.4. The highest BCUT2D eigenvalue weighted by molar-refractivity contribution is 14.0. The molecule has 0 aromatic carbocycles. The van der Waals surface area contributed by atoms with Gasteiger partial charge >= 0.3 is 6.09 Å². The summed E-state index contributed by atoms with van der Waals surface area (Å²) in [5.74, 6) is 1.16. The second-order valence-corrected chi connectivity index (χ2v) is 7.69. The lowest BCUT2D eigenvalue weighted by Crippen LogP contribution is -2.51. The molecule has 8 heteroatoms. The molecule has 0 atom stereocenters. The Morgan fingerprint density at radius 1 is 1.24 bits per heavy atom. The summed E-state index contributed by atoms with van der Waals surface area (Å²) < 4.78 is 5.40. The molecule has 25 heavy (non-hydrogen) atoms. The van der Waals surface area contributed by atoms with E-state index in [1.807, 2.05) is 20.8 Å². The van der Waals surface area contributed by atoms with Crippen LogP contribution in [0.4, 0.5) is 4.79 Å². The summed E-state index contributed by atoms with van der Waals surface area (Å²) in [7, 11) is 0. The maximum atomic E-state index is 12.0. The van der Waals surface area contributed by atoms with Gasteiger partial charge in [0, 0.05) is 45.8 Å². The van der Waals surface area contributed by atoms with Crippen molar-refractivity contribution in [2.45, 2.75) is 46.6 Å². The standard InChI is InChI=1S/C17H35N5O2.HI/c1-14(2)6-7-19-15(18)20-8-9-21-10-12-22(13-11-21)16(23)24-17(3,4)5;/h14H,6-13H2,1-5H3,(H3,18,19,20);1H. The lowest BCUT2D eigenvalue weighted by atomic mass is 10.1. The number of hydrogen-bond donors (Lipinski definition) is 2. The summed E-state index contributed by atoms with van der Waals surface area (Å²) in [5.41, 5.74) is 5.41. The van der Waals surface area contributed by atoms with E-state index >= 15 is 0 Å². The van der Waals surface area contributed by atoms with E-state index < -0.39 is 5.60 Å². The summed E-state index contributed by atoms with van der Waals surface area (Å²) in [6.45, 7) is 15.6. The zero-order chi connectivity index (χ0) is 18.2. The number of amides is 1. The third-order valence-corrected chi connectivity index (χ3v) is 3.75. The molecule has 0 saturated carbocycles. The largest absolute Gasteiger partial charge is 0.444 e. The van der Waals surface area contributed by atoms with Crippen molar-refractivity contribution in [3.8, 4) is 0 Å². The number of ether oxygens (including phenoxy) is 1. The smallest absolute Gasteiger partial charge is 0.410 e. The van der Waals surface area contributed by atoms with E-state index in [9.17, 15) is 4.79 Å². The highest BCUT2D eigenvalue weighted by Gasteiger charge is 2.25. The van der Waals surface area contributed by atoms with Crippen LogP contribution in [0.1, 0.15) is 41.0 Å². The Morgan fingerprint density at radius 3 is 2.36 bits per heavy atom. The van der Waals surface area contributed by atoms with E-state index in [0.29, 0.717) is 25.0 Å². The fourth-order valence-electron chi connectivity index (χ4n) is 2.32. The lowest BCUT2D eigenvalue weighted by molar-refractivity contribution is 0.0147. The fraction of sp³-hybridized carbons (Fsp3) is 0.882. The number of nitrogens with two attached hydrogens (primary N) is 1. The molecule has 1 rings (SSSR count). The first-order valence-corrected chi connectivity index (χ1v) is 8.91. The Balaban J connectivity index is 0.00000576. The number of nitrogens with zero attached hydrogens (tertiary/aromatic N) is 3. The van der Waals surface area contributed by atoms with Gasteiger partial charge in [-0.15, -0.1) is 24.0 Å². The minimum absolute atomic E-state index is 0. The van der Waals surface area contributed by atoms with Crippen LogP contribution >= 0.6 is 24.0 Å². The average molecular weight is 469 g/mol. The van der Waals surface area contributed by atoms with Gasteiger partial charge in [0.15, 0.2) is 5.96 Å². The van der Waals surface area contributed by atoms with Gasteiger partial charge in [0.25, 0.3) is 0 Å². The van der Waals surface area contributed by atoms with E-state index in [1.54, 1.807) is 4.90 Å². The molecule has 1 amide bonds. The number of halogens is 1. The Kier molecular flexibility index (Phi) is 11.4. The van der Waals surface area contributed by atoms with Crippen LogP contribution in [-0.2, 0) is 4.74 Å². The molecule has 1 heterocycles. The van der Waals surface area contributed by atoms with Gasteiger partial charge in [-0.3, -0.25) is 9.89 Å². The maximum Gasteiger partial charge on any atom is 0.410 e. The van der Waals surface area contributed by atoms with Crippen molar-refractivity contribution in [3.63, 3.8) is 0 Å². The number of nitrogens with one attached hydrogen (secondary N) is 1. The number of rotatable bonds is 6. The maximum absolute atomic E-state index is 12.0. The third-order valence-electron chi connectivity index (χ3n) is 3.75. The van der Waals surface area contributed by atoms with E-state index in [1.165, 1.54) is 0 Å². The molecule has 0 spiro atoms. The molecule has 3 N–H and O–H groups in total. The number of carbonyl (C=O) groups is 1. The first-order chi connectivity index (χ1) is 11.2. The van der Waals surface area contributed by atoms with E-state index in [0.717, 1.165) is 39.1 Å². The van der Waals surface area contributed by atoms with E-state index in [-0.39, 0.29) is 30.1 Å². The molecule has 1 saturated heterocycles. The summed E-state index contributed by atoms with van der Waals surface area (Å²) in [6.07, 6.45) is 0.830. The van der Waals surface area contributed by atoms with Crippen LogP contribution in [0.3, 0.4) is 0 Å². The molecular weight excluding hydrogens is 433 g/mol. The molecule has 7 nitrogen and oxygen atoms in total. The molecule has 0 aromatic heterocycles. The van der Waals surface area contributed by atoms with Crippen molar-refractivity contribution < 1.29 is 9.53 Å². The van der Waals surface area contributed by atoms with Gasteiger partial charge in [-0.2, -0.15) is 0 Å². The molecule has 1 aliphatic heterocycles. The zero-order valence-corrected chi connectivity index (χ0v) is 18.7. The van der Waals surface area contributed by atoms with Crippen molar-refractivity contribution in [1.29, 1.82) is 0 Å². The van der Waals surface area contributed by atoms with Crippen molar-refractivity contribution in [2.75, 3.05) is 45.8 Å². The highest BCUT2D eigenvalue weighted by atomic mass is 127. The van der Waals surface area contributed by atoms with Crippen LogP contribution in [0.15, 0.2) is 4.99 Å². The normalized spacial score (nSPS) is 16.6. The number of piperazine rings is 1. The monoisotopic (exact) mass is 469 g/mol. The molecule has 1 aliphatic rings. The van der Waals surface area contributed by atoms with Gasteiger partial charge < -0.3 is 20.7 Å². The summed E-state index contributed by atoms with van der Waals surface area (Å²) in [6, 6.07) is 0. The molecule has 0 bridgehead atoms. The minimum atomic E-state index is -0.440. The van der Waals surface area contributed by atoms with Crippen LogP contribution in [-0.4, -0.2) is 73.3 Å². The Morgan fingerprint density at radius 2 is 1.84 bits per heavy atom. The van der Waals surface area contributed by atoms with Crippen molar-refractivity contribution in [2.24, 2.45) is 16.6 Å². The quantitative estimate of drug-likeness (QED) is 0.354. The molecular formula is C17H36IN5O2. The van der Waals surface area contributed by atoms with Crippen molar-refractivity contribution in [3.05, 3.63) is 0 Å². The van der Waals surface area contributed by atoms with Crippen LogP contribution in [0.5, 0.6) is 0 Å². The number of aliphatic imine (C=N–C) groups is 1. The number of carbonyl (C=O) groups excluding carboxylic acids is 1. The number of guanidine groups is 1. The van der Waals surface area contributed by atoms with Gasteiger partial charge in [-0.25, -0.2) is 4.79 Å². The molecule has 0 unspecified atom stereocenters. The van der Waals surface area contributed by atoms with Crippen LogP contribution in [0, 0.1) is 5.92 Å². The molecule has 148 valence electrons. The fourth-order valence-corrected chi connectivity index (χ4v) is 2.32. The minimum Gasteiger partial charge on any atom is -0.444 e. The van der Waals surface area contributed by atoms with Gasteiger partial charge in [-0.1, -0.05) is 13.8 Å². The van der Waals surface area contributed by atoms with E-state index in [4.69, 9.17) is 10.5 Å². The molecule has 0 radical (unpaired) electrons. The first-order valence-electron chi connectivity index (χ1n) is 8.91. The third kappa shape index (κ3) is 11.5. The Hall–Kier alpha value is -0.770. The van der Waals surface area contributed by atoms with E-state index in [2.05, 4.69) is 29.1 Å². The second kappa shape index (κ2) is 11.8. The first kappa shape index (κ1) is 24.2. The summed E-state index contributed by atoms with van der Waals surface area (Å²) >= 11 is 0. The molecule has 0 aromatic rings. The van der Waals surface area contributed by atoms with Gasteiger partial charge in [0.05, 0.1) is 0 Å². The summed E-state index contributed by atoms with van der Waals surface area (Å²) in [4.78, 5) is 20.4. The predicted molar refractivity (Wildman–Crippen MR) is 114 cm³/mol. The van der Waals surface area contributed by atoms with Crippen LogP contribution < -0.4 is 11.1 Å².